The van der Waals surface area contributed by atoms with E-state index in [-0.39, 0.29) is 5.66 Å². The summed E-state index contributed by atoms with van der Waals surface area (Å²) in [7, 11) is 7.96. The first kappa shape index (κ1) is 58.8. The van der Waals surface area contributed by atoms with E-state index in [4.69, 9.17) is 9.98 Å². The Morgan fingerprint density at radius 1 is 0.447 bits per heavy atom. The molecule has 1 aliphatic heterocycles. The topological polar surface area (TPSA) is 58.2 Å². The number of nitrogens with zero attached hydrogens (tertiary/aromatic N) is 6. The second-order valence-corrected chi connectivity index (χ2v) is 22.5. The first-order chi connectivity index (χ1) is 41.3. The predicted octanol–water partition coefficient (Wildman–Crippen LogP) is 19.2. The van der Waals surface area contributed by atoms with Gasteiger partial charge in [-0.05, 0) is 164 Å². The van der Waals surface area contributed by atoms with E-state index in [2.05, 4.69) is 288 Å². The fourth-order valence-electron chi connectivity index (χ4n) is 10.8. The Balaban J connectivity index is 0.000000410. The first-order valence-corrected chi connectivity index (χ1v) is 29.2. The fraction of sp³-hybridized carbons (Fsp3) is 0.128. The van der Waals surface area contributed by atoms with Crippen LogP contribution in [0.4, 0.5) is 5.69 Å². The number of hydrogen-bond donors (Lipinski definition) is 0. The van der Waals surface area contributed by atoms with E-state index in [1.54, 1.807) is 12.4 Å². The minimum absolute atomic E-state index is 0.139. The number of hydrogen-bond acceptors (Lipinski definition) is 5. The van der Waals surface area contributed by atoms with Gasteiger partial charge in [0.1, 0.15) is 0 Å². The van der Waals surface area contributed by atoms with Crippen LogP contribution >= 0.6 is 0 Å². The molecule has 85 heavy (non-hydrogen) atoms. The monoisotopic (exact) mass is 1150 g/mol. The summed E-state index contributed by atoms with van der Waals surface area (Å²) in [5, 5.41) is 0. The molecule has 0 fully saturated rings. The van der Waals surface area contributed by atoms with Crippen molar-refractivity contribution >= 4 is 17.0 Å². The normalized spacial score (nSPS) is 12.4. The van der Waals surface area contributed by atoms with Gasteiger partial charge >= 0.3 is 58.0 Å². The summed E-state index contributed by atoms with van der Waals surface area (Å²) in [6.07, 6.45) is 7.98. The average Bonchev–Trinajstić information content (AvgIpc) is 2.72. The van der Waals surface area contributed by atoms with E-state index in [1.807, 2.05) is 64.0 Å². The van der Waals surface area contributed by atoms with Crippen LogP contribution in [0.2, 0.25) is 0 Å². The van der Waals surface area contributed by atoms with E-state index in [1.165, 1.54) is 33.5 Å². The first-order valence-electron chi connectivity index (χ1n) is 28.8. The van der Waals surface area contributed by atoms with E-state index in [0.717, 1.165) is 101 Å². The van der Waals surface area contributed by atoms with Gasteiger partial charge in [-0.2, -0.15) is 0 Å². The molecule has 2 aromatic heterocycles. The molecule has 0 bridgehead atoms. The van der Waals surface area contributed by atoms with Crippen LogP contribution in [-0.4, -0.2) is 49.4 Å². The quantitative estimate of drug-likeness (QED) is 0.115. The molecule has 0 spiro atoms. The van der Waals surface area contributed by atoms with E-state index in [9.17, 15) is 0 Å². The maximum absolute atomic E-state index is 5.69. The van der Waals surface area contributed by atoms with Crippen molar-refractivity contribution in [3.63, 3.8) is 0 Å². The van der Waals surface area contributed by atoms with Gasteiger partial charge in [0.2, 0.25) is 0 Å². The van der Waals surface area contributed by atoms with Crippen molar-refractivity contribution in [2.24, 2.45) is 8.99 Å². The third kappa shape index (κ3) is 13.7. The summed E-state index contributed by atoms with van der Waals surface area (Å²) in [4.78, 5) is 19.3. The Labute approximate surface area is 511 Å². The number of anilines is 1. The Hall–Kier alpha value is -9.37. The Morgan fingerprint density at radius 3 is 1.19 bits per heavy atom. The zero-order chi connectivity index (χ0) is 59.5. The summed E-state index contributed by atoms with van der Waals surface area (Å²) in [6, 6.07) is 86.5. The van der Waals surface area contributed by atoms with E-state index < -0.39 is 0 Å². The zero-order valence-electron chi connectivity index (χ0n) is 49.9. The SMILES string of the molecule is CN(C)C(C)(C)[N]=[Co].CN(C)c1ccncc1.Cc1cc(C)c(/C(=C2\C=CC(c3c(-c4ccccc4)cc(-c4ccccc4)cc3-c3ccccc3)=N2)c2ccc(-c3c(-c4ccccc4)cc(-c4ccccc4)cc3-c3ccccc3)[n-]2)c(C)c1. The average molecular weight is 1150 g/mol. The van der Waals surface area contributed by atoms with Crippen molar-refractivity contribution in [2.75, 3.05) is 33.1 Å². The standard InChI is InChI=1S/C66H49N2.C7H10N2.C5H12N2.Co/c1-44-38-45(2)63(46(3)39-44)66(61-36-34-59(67-61)64-55(49-26-14-6-15-27-49)40-53(47-22-10-4-11-23-47)41-56(64)50-28-16-7-17-29-50)62-37-35-60(68-62)65-57(51-30-18-8-19-31-51)42-54(48-24-12-5-13-25-48)43-58(65)52-32-20-9-21-33-52;1-9(2)7-3-5-8-6-4-7;1-5(2,6)7(3)4;/h4-43H,1-3H3;3-6H,1-2H3;1-4H3;/q-1;;;/b66-61+;;;. The van der Waals surface area contributed by atoms with Gasteiger partial charge in [-0.15, -0.1) is 11.4 Å². The number of aromatic nitrogens is 2. The summed E-state index contributed by atoms with van der Waals surface area (Å²) in [5.74, 6) is 0. The smallest absolute Gasteiger partial charge is 0.0722 e. The summed E-state index contributed by atoms with van der Waals surface area (Å²) in [5.41, 5.74) is 26.4. The van der Waals surface area contributed by atoms with Crippen LogP contribution in [0.25, 0.3) is 83.6 Å². The zero-order valence-corrected chi connectivity index (χ0v) is 51.0. The molecule has 7 heteroatoms. The fourth-order valence-corrected chi connectivity index (χ4v) is 11.0. The van der Waals surface area contributed by atoms with Crippen LogP contribution in [0.1, 0.15) is 47.4 Å². The number of pyridine rings is 1. The molecule has 0 saturated heterocycles. The molecular weight excluding hydrogens is 1080 g/mol. The second-order valence-electron chi connectivity index (χ2n) is 22.2. The Bertz CT molecular complexity index is 4000. The molecule has 0 saturated carbocycles. The molecule has 11 aromatic rings. The minimum atomic E-state index is -0.139. The minimum Gasteiger partial charge on any atom is -0.657 e. The van der Waals surface area contributed by atoms with Gasteiger partial charge in [0.15, 0.2) is 0 Å². The molecule has 0 unspecified atom stereocenters. The van der Waals surface area contributed by atoms with Crippen LogP contribution in [-0.2, 0) is 15.5 Å². The molecule has 12 rings (SSSR count). The summed E-state index contributed by atoms with van der Waals surface area (Å²) in [6.45, 7) is 10.6. The van der Waals surface area contributed by atoms with Crippen molar-refractivity contribution in [3.8, 4) is 78.0 Å². The number of allylic oxidation sites excluding steroid dienone is 2. The third-order valence-corrected chi connectivity index (χ3v) is 16.1. The number of benzene rings is 9. The van der Waals surface area contributed by atoms with Crippen molar-refractivity contribution in [1.29, 1.82) is 0 Å². The summed E-state index contributed by atoms with van der Waals surface area (Å²) >= 11 is 3.87. The van der Waals surface area contributed by atoms with Crippen LogP contribution in [0, 0.1) is 20.8 Å². The molecule has 6 nitrogen and oxygen atoms in total. The van der Waals surface area contributed by atoms with Gasteiger partial charge in [-0.25, -0.2) is 4.99 Å². The van der Waals surface area contributed by atoms with Gasteiger partial charge in [0.05, 0.1) is 11.4 Å². The molecule has 1 aliphatic rings. The van der Waals surface area contributed by atoms with Crippen LogP contribution in [0.15, 0.2) is 282 Å². The van der Waals surface area contributed by atoms with Gasteiger partial charge < -0.3 is 9.88 Å². The van der Waals surface area contributed by atoms with Crippen molar-refractivity contribution < 1.29 is 15.5 Å². The largest absolute Gasteiger partial charge is 0.657 e. The third-order valence-electron chi connectivity index (χ3n) is 15.5. The summed E-state index contributed by atoms with van der Waals surface area (Å²) < 4.78 is 3.83. The number of rotatable bonds is 13. The Kier molecular flexibility index (Phi) is 18.6. The molecule has 0 N–H and O–H groups in total. The number of aliphatic imine (C=N–C) groups is 1. The molecule has 0 atom stereocenters. The van der Waals surface area contributed by atoms with E-state index >= 15 is 0 Å². The molecule has 0 radical (unpaired) electrons. The van der Waals surface area contributed by atoms with Gasteiger partial charge in [-0.3, -0.25) is 4.98 Å². The molecule has 3 heterocycles. The molecule has 9 aromatic carbocycles. The van der Waals surface area contributed by atoms with Gasteiger partial charge in [0.25, 0.3) is 0 Å². The predicted molar refractivity (Wildman–Crippen MR) is 355 cm³/mol. The molecule has 0 amide bonds. The van der Waals surface area contributed by atoms with Gasteiger partial charge in [0, 0.05) is 37.7 Å². The van der Waals surface area contributed by atoms with Gasteiger partial charge in [-0.1, -0.05) is 212 Å². The second kappa shape index (κ2) is 26.9. The van der Waals surface area contributed by atoms with Crippen LogP contribution < -0.4 is 9.88 Å². The van der Waals surface area contributed by atoms with E-state index in [0.29, 0.717) is 0 Å². The molecular formula is C78H71CoN6-. The van der Waals surface area contributed by atoms with Crippen LogP contribution in [0.5, 0.6) is 0 Å². The maximum Gasteiger partial charge on any atom is 0.0722 e. The maximum atomic E-state index is 5.69. The van der Waals surface area contributed by atoms with Crippen molar-refractivity contribution in [3.05, 3.63) is 306 Å². The van der Waals surface area contributed by atoms with Crippen molar-refractivity contribution in [1.82, 2.24) is 14.9 Å². The van der Waals surface area contributed by atoms with Crippen molar-refractivity contribution in [2.45, 2.75) is 40.3 Å². The Morgan fingerprint density at radius 2 is 0.835 bits per heavy atom. The molecule has 0 aliphatic carbocycles. The number of aryl methyl sites for hydroxylation is 3. The molecule has 423 valence electrons. The van der Waals surface area contributed by atoms with Crippen LogP contribution in [0.3, 0.4) is 0 Å².